The number of hydrogen-bond donors (Lipinski definition) is 2. The van der Waals surface area contributed by atoms with Gasteiger partial charge in [-0.3, -0.25) is 4.79 Å². The Morgan fingerprint density at radius 3 is 2.79 bits per heavy atom. The highest BCUT2D eigenvalue weighted by atomic mass is 35.5. The Morgan fingerprint density at radius 1 is 1.29 bits per heavy atom. The van der Waals surface area contributed by atoms with Crippen LogP contribution in [-0.4, -0.2) is 61.0 Å². The van der Waals surface area contributed by atoms with Crippen LogP contribution < -0.4 is 20.3 Å². The third-order valence-corrected chi connectivity index (χ3v) is 6.46. The Balaban J connectivity index is 1.30. The van der Waals surface area contributed by atoms with E-state index in [0.717, 1.165) is 63.4 Å². The number of anilines is 3. The average molecular weight is 492 g/mol. The number of alkyl halides is 1. The molecule has 0 bridgehead atoms. The number of hydrogen-bond acceptors (Lipinski definition) is 7. The zero-order valence-electron chi connectivity index (χ0n) is 19.3. The molecular formula is C24H31ClFN5O3. The summed E-state index contributed by atoms with van der Waals surface area (Å²) in [6, 6.07) is 8.11. The second kappa shape index (κ2) is 11.7. The average Bonchev–Trinajstić information content (AvgIpc) is 2.86. The summed E-state index contributed by atoms with van der Waals surface area (Å²) in [4.78, 5) is 22.6. The second-order valence-corrected chi connectivity index (χ2v) is 9.18. The van der Waals surface area contributed by atoms with Gasteiger partial charge in [0, 0.05) is 30.5 Å². The van der Waals surface area contributed by atoms with E-state index in [9.17, 15) is 9.18 Å². The monoisotopic (exact) mass is 491 g/mol. The molecule has 34 heavy (non-hydrogen) atoms. The minimum Gasteiger partial charge on any atom is -0.476 e. The van der Waals surface area contributed by atoms with Gasteiger partial charge >= 0.3 is 0 Å². The molecule has 1 unspecified atom stereocenters. The highest BCUT2D eigenvalue weighted by molar-refractivity contribution is 6.31. The van der Waals surface area contributed by atoms with Crippen molar-refractivity contribution >= 4 is 34.8 Å². The molecule has 184 valence electrons. The lowest BCUT2D eigenvalue weighted by Gasteiger charge is -2.29. The smallest absolute Gasteiger partial charge is 0.254 e. The standard InChI is InChI=1S/C24H31ClFN5O3/c1-16(26)22(32)28-18-7-5-17(6-8-18)15-34-23-21(25)14-27-24(30-23)29-19-3-2-4-20(13-19)31-9-11-33-12-10-31/h2-4,13-14,16-18H,5-12,15H2,1H3,(H,28,32)(H,27,29,30). The maximum atomic E-state index is 13.1. The minimum atomic E-state index is -1.48. The van der Waals surface area contributed by atoms with Gasteiger partial charge in [-0.2, -0.15) is 4.98 Å². The van der Waals surface area contributed by atoms with Gasteiger partial charge in [0.1, 0.15) is 5.02 Å². The highest BCUT2D eigenvalue weighted by Gasteiger charge is 2.25. The van der Waals surface area contributed by atoms with Gasteiger partial charge < -0.3 is 25.0 Å². The Kier molecular flexibility index (Phi) is 8.39. The van der Waals surface area contributed by atoms with Crippen molar-refractivity contribution in [1.29, 1.82) is 0 Å². The number of rotatable bonds is 8. The largest absolute Gasteiger partial charge is 0.476 e. The normalized spacial score (nSPS) is 21.6. The van der Waals surface area contributed by atoms with Crippen molar-refractivity contribution in [1.82, 2.24) is 15.3 Å². The van der Waals surface area contributed by atoms with E-state index in [0.29, 0.717) is 29.4 Å². The van der Waals surface area contributed by atoms with E-state index >= 15 is 0 Å². The fraction of sp³-hybridized carbons (Fsp3) is 0.542. The van der Waals surface area contributed by atoms with E-state index in [2.05, 4.69) is 37.6 Å². The molecule has 4 rings (SSSR count). The van der Waals surface area contributed by atoms with Gasteiger partial charge in [-0.25, -0.2) is 9.37 Å². The van der Waals surface area contributed by atoms with Crippen LogP contribution in [-0.2, 0) is 9.53 Å². The first-order valence-corrected chi connectivity index (χ1v) is 12.2. The summed E-state index contributed by atoms with van der Waals surface area (Å²) in [5.41, 5.74) is 1.99. The van der Waals surface area contributed by atoms with Crippen LogP contribution in [0.2, 0.25) is 5.02 Å². The summed E-state index contributed by atoms with van der Waals surface area (Å²) < 4.78 is 24.4. The lowest BCUT2D eigenvalue weighted by Crippen LogP contribution is -2.41. The van der Waals surface area contributed by atoms with Crippen molar-refractivity contribution in [2.24, 2.45) is 5.92 Å². The molecule has 1 aromatic carbocycles. The molecule has 2 fully saturated rings. The van der Waals surface area contributed by atoms with Crippen LogP contribution in [0.1, 0.15) is 32.6 Å². The van der Waals surface area contributed by atoms with Crippen LogP contribution in [0.5, 0.6) is 5.88 Å². The first kappa shape index (κ1) is 24.5. The molecule has 0 radical (unpaired) electrons. The third kappa shape index (κ3) is 6.70. The van der Waals surface area contributed by atoms with Crippen LogP contribution >= 0.6 is 11.6 Å². The zero-order valence-corrected chi connectivity index (χ0v) is 20.1. The molecule has 0 spiro atoms. The molecular weight excluding hydrogens is 461 g/mol. The molecule has 10 heteroatoms. The van der Waals surface area contributed by atoms with Gasteiger partial charge in [-0.1, -0.05) is 17.7 Å². The van der Waals surface area contributed by atoms with Crippen molar-refractivity contribution in [2.45, 2.75) is 44.8 Å². The Hall–Kier alpha value is -2.65. The summed E-state index contributed by atoms with van der Waals surface area (Å²) >= 11 is 6.27. The van der Waals surface area contributed by atoms with Gasteiger partial charge in [0.05, 0.1) is 26.0 Å². The van der Waals surface area contributed by atoms with Crippen LogP contribution in [0.15, 0.2) is 30.5 Å². The Bertz CT molecular complexity index is 965. The summed E-state index contributed by atoms with van der Waals surface area (Å²) in [7, 11) is 0. The van der Waals surface area contributed by atoms with Gasteiger partial charge in [0.15, 0.2) is 6.17 Å². The van der Waals surface area contributed by atoms with Gasteiger partial charge in [-0.15, -0.1) is 0 Å². The third-order valence-electron chi connectivity index (χ3n) is 6.20. The fourth-order valence-electron chi connectivity index (χ4n) is 4.23. The van der Waals surface area contributed by atoms with Gasteiger partial charge in [0.2, 0.25) is 11.8 Å². The summed E-state index contributed by atoms with van der Waals surface area (Å²) in [6.45, 7) is 4.91. The van der Waals surface area contributed by atoms with Crippen LogP contribution in [0, 0.1) is 5.92 Å². The number of morpholine rings is 1. The maximum absolute atomic E-state index is 13.1. The SMILES string of the molecule is CC(F)C(=O)NC1CCC(COc2nc(Nc3cccc(N4CCOCC4)c3)ncc2Cl)CC1. The van der Waals surface area contributed by atoms with Crippen LogP contribution in [0.25, 0.3) is 0 Å². The molecule has 2 aliphatic rings. The van der Waals surface area contributed by atoms with E-state index in [1.165, 1.54) is 13.1 Å². The molecule has 2 aromatic rings. The Morgan fingerprint density at radius 2 is 2.06 bits per heavy atom. The van der Waals surface area contributed by atoms with Crippen molar-refractivity contribution in [2.75, 3.05) is 43.1 Å². The number of nitrogens with zero attached hydrogens (tertiary/aromatic N) is 3. The maximum Gasteiger partial charge on any atom is 0.254 e. The van der Waals surface area contributed by atoms with Gasteiger partial charge in [0.25, 0.3) is 5.91 Å². The highest BCUT2D eigenvalue weighted by Crippen LogP contribution is 2.29. The predicted octanol–water partition coefficient (Wildman–Crippen LogP) is 4.12. The van der Waals surface area contributed by atoms with E-state index in [1.54, 1.807) is 0 Å². The van der Waals surface area contributed by atoms with E-state index < -0.39 is 12.1 Å². The molecule has 2 N–H and O–H groups in total. The van der Waals surface area contributed by atoms with Crippen LogP contribution in [0.3, 0.4) is 0 Å². The molecule has 8 nitrogen and oxygen atoms in total. The van der Waals surface area contributed by atoms with Crippen molar-refractivity contribution in [3.05, 3.63) is 35.5 Å². The number of ether oxygens (including phenoxy) is 2. The quantitative estimate of drug-likeness (QED) is 0.574. The number of carbonyl (C=O) groups excluding carboxylic acids is 1. The fourth-order valence-corrected chi connectivity index (χ4v) is 4.38. The number of aromatic nitrogens is 2. The predicted molar refractivity (Wildman–Crippen MR) is 130 cm³/mol. The molecule has 1 amide bonds. The number of amides is 1. The molecule has 1 saturated heterocycles. The summed E-state index contributed by atoms with van der Waals surface area (Å²) in [5, 5.41) is 6.35. The number of carbonyl (C=O) groups is 1. The second-order valence-electron chi connectivity index (χ2n) is 8.77. The molecule has 1 aliphatic heterocycles. The molecule has 1 aliphatic carbocycles. The molecule has 2 heterocycles. The lowest BCUT2D eigenvalue weighted by atomic mass is 9.86. The van der Waals surface area contributed by atoms with Crippen molar-refractivity contribution in [3.63, 3.8) is 0 Å². The first-order chi connectivity index (χ1) is 16.5. The lowest BCUT2D eigenvalue weighted by molar-refractivity contribution is -0.126. The van der Waals surface area contributed by atoms with E-state index in [1.807, 2.05) is 12.1 Å². The van der Waals surface area contributed by atoms with Crippen LogP contribution in [0.4, 0.5) is 21.7 Å². The van der Waals surface area contributed by atoms with Crippen molar-refractivity contribution < 1.29 is 18.7 Å². The Labute approximate surface area is 204 Å². The number of halogens is 2. The summed E-state index contributed by atoms with van der Waals surface area (Å²) in [6.07, 6.45) is 3.42. The van der Waals surface area contributed by atoms with Gasteiger partial charge in [-0.05, 0) is 56.7 Å². The zero-order chi connectivity index (χ0) is 23.9. The van der Waals surface area contributed by atoms with E-state index in [-0.39, 0.29) is 6.04 Å². The topological polar surface area (TPSA) is 88.6 Å². The first-order valence-electron chi connectivity index (χ1n) is 11.8. The molecule has 1 atom stereocenters. The van der Waals surface area contributed by atoms with E-state index in [4.69, 9.17) is 21.1 Å². The minimum absolute atomic E-state index is 0.0219. The molecule has 1 aromatic heterocycles. The van der Waals surface area contributed by atoms with Crippen molar-refractivity contribution in [3.8, 4) is 5.88 Å². The number of nitrogens with one attached hydrogen (secondary N) is 2. The molecule has 1 saturated carbocycles. The summed E-state index contributed by atoms with van der Waals surface area (Å²) in [5.74, 6) is 0.530. The number of benzene rings is 1.